The number of aliphatic carboxylic acids is 1. The lowest BCUT2D eigenvalue weighted by atomic mass is 10.1. The normalized spacial score (nSPS) is 13.9. The predicted octanol–water partition coefficient (Wildman–Crippen LogP) is 1.27. The molecule has 2 atom stereocenters. The van der Waals surface area contributed by atoms with Gasteiger partial charge in [0.1, 0.15) is 6.04 Å². The molecule has 0 aromatic heterocycles. The lowest BCUT2D eigenvalue weighted by Gasteiger charge is -2.19. The average molecular weight is 273 g/mol. The smallest absolute Gasteiger partial charge is 0.326 e. The highest BCUT2D eigenvalue weighted by molar-refractivity contribution is 5.82. The van der Waals surface area contributed by atoms with Crippen LogP contribution in [0.5, 0.6) is 0 Å². The maximum atomic E-state index is 11.7. The van der Waals surface area contributed by atoms with Crippen LogP contribution < -0.4 is 10.6 Å². The molecule has 0 rings (SSSR count). The van der Waals surface area contributed by atoms with Gasteiger partial charge in [0.05, 0.1) is 0 Å². The van der Waals surface area contributed by atoms with Crippen molar-refractivity contribution in [1.82, 2.24) is 15.5 Å². The van der Waals surface area contributed by atoms with Crippen LogP contribution in [0.15, 0.2) is 0 Å². The minimum absolute atomic E-state index is 0.0167. The van der Waals surface area contributed by atoms with E-state index in [-0.39, 0.29) is 6.04 Å². The number of carboxylic acids is 1. The van der Waals surface area contributed by atoms with Crippen molar-refractivity contribution in [3.63, 3.8) is 0 Å². The number of carboxylic acid groups (broad SMARTS) is 1. The Hall–Kier alpha value is -1.30. The van der Waals surface area contributed by atoms with E-state index in [1.54, 1.807) is 0 Å². The van der Waals surface area contributed by atoms with Crippen molar-refractivity contribution < 1.29 is 14.7 Å². The van der Waals surface area contributed by atoms with Gasteiger partial charge in [0, 0.05) is 6.04 Å². The summed E-state index contributed by atoms with van der Waals surface area (Å²) in [5.41, 5.74) is 0. The predicted molar refractivity (Wildman–Crippen MR) is 75.2 cm³/mol. The van der Waals surface area contributed by atoms with E-state index in [1.165, 1.54) is 0 Å². The van der Waals surface area contributed by atoms with Crippen LogP contribution in [0.4, 0.5) is 4.79 Å². The van der Waals surface area contributed by atoms with Crippen LogP contribution in [0.1, 0.15) is 39.5 Å². The van der Waals surface area contributed by atoms with Crippen molar-refractivity contribution in [2.45, 2.75) is 51.6 Å². The summed E-state index contributed by atoms with van der Waals surface area (Å²) in [5, 5.41) is 14.3. The first kappa shape index (κ1) is 17.7. The topological polar surface area (TPSA) is 81.7 Å². The molecule has 3 N–H and O–H groups in total. The third-order valence-electron chi connectivity index (χ3n) is 2.84. The van der Waals surface area contributed by atoms with E-state index in [1.807, 2.05) is 32.8 Å². The first-order valence-corrected chi connectivity index (χ1v) is 6.81. The molecule has 2 amide bonds. The van der Waals surface area contributed by atoms with Crippen LogP contribution in [0.25, 0.3) is 0 Å². The number of amides is 2. The highest BCUT2D eigenvalue weighted by Crippen LogP contribution is 2.01. The molecular formula is C13H27N3O3. The molecule has 0 fully saturated rings. The van der Waals surface area contributed by atoms with Gasteiger partial charge in [-0.25, -0.2) is 9.59 Å². The maximum absolute atomic E-state index is 11.7. The second kappa shape index (κ2) is 9.61. The third kappa shape index (κ3) is 9.30. The molecule has 6 heteroatoms. The monoisotopic (exact) mass is 273 g/mol. The fourth-order valence-corrected chi connectivity index (χ4v) is 1.61. The first-order chi connectivity index (χ1) is 8.86. The molecule has 0 aliphatic carbocycles. The maximum Gasteiger partial charge on any atom is 0.326 e. The van der Waals surface area contributed by atoms with Crippen molar-refractivity contribution in [1.29, 1.82) is 0 Å². The molecular weight excluding hydrogens is 246 g/mol. The third-order valence-corrected chi connectivity index (χ3v) is 2.84. The molecule has 6 nitrogen and oxygen atoms in total. The largest absolute Gasteiger partial charge is 0.480 e. The zero-order chi connectivity index (χ0) is 14.8. The van der Waals surface area contributed by atoms with Gasteiger partial charge in [-0.1, -0.05) is 19.8 Å². The number of nitrogens with one attached hydrogen (secondary N) is 2. The van der Waals surface area contributed by atoms with Crippen LogP contribution in [-0.2, 0) is 4.79 Å². The SMILES string of the molecule is CCCCC(NC(=O)NC(C)CCN(C)C)C(=O)O. The highest BCUT2D eigenvalue weighted by Gasteiger charge is 2.19. The van der Waals surface area contributed by atoms with Crippen molar-refractivity contribution in [3.05, 3.63) is 0 Å². The van der Waals surface area contributed by atoms with Gasteiger partial charge in [0.25, 0.3) is 0 Å². The summed E-state index contributed by atoms with van der Waals surface area (Å²) in [7, 11) is 3.94. The van der Waals surface area contributed by atoms with Gasteiger partial charge in [0.2, 0.25) is 0 Å². The van der Waals surface area contributed by atoms with E-state index in [4.69, 9.17) is 5.11 Å². The highest BCUT2D eigenvalue weighted by atomic mass is 16.4. The molecule has 0 saturated heterocycles. The van der Waals surface area contributed by atoms with Gasteiger partial charge in [-0.15, -0.1) is 0 Å². The van der Waals surface area contributed by atoms with Gasteiger partial charge < -0.3 is 20.6 Å². The Labute approximate surface area is 115 Å². The molecule has 19 heavy (non-hydrogen) atoms. The van der Waals surface area contributed by atoms with Gasteiger partial charge in [-0.3, -0.25) is 0 Å². The minimum Gasteiger partial charge on any atom is -0.480 e. The van der Waals surface area contributed by atoms with Gasteiger partial charge in [-0.05, 0) is 40.4 Å². The molecule has 0 saturated carbocycles. The van der Waals surface area contributed by atoms with E-state index in [9.17, 15) is 9.59 Å². The summed E-state index contributed by atoms with van der Waals surface area (Å²) in [5.74, 6) is -0.982. The molecule has 0 aliphatic rings. The van der Waals surface area contributed by atoms with Crippen molar-refractivity contribution in [3.8, 4) is 0 Å². The summed E-state index contributed by atoms with van der Waals surface area (Å²) in [6.45, 7) is 4.77. The zero-order valence-corrected chi connectivity index (χ0v) is 12.4. The average Bonchev–Trinajstić information content (AvgIpc) is 2.31. The van der Waals surface area contributed by atoms with Gasteiger partial charge in [-0.2, -0.15) is 0 Å². The van der Waals surface area contributed by atoms with E-state index < -0.39 is 18.0 Å². The minimum atomic E-state index is -0.982. The molecule has 0 aromatic carbocycles. The second-order valence-corrected chi connectivity index (χ2v) is 5.14. The van der Waals surface area contributed by atoms with Crippen molar-refractivity contribution in [2.75, 3.05) is 20.6 Å². The summed E-state index contributed by atoms with van der Waals surface area (Å²) < 4.78 is 0. The van der Waals surface area contributed by atoms with Crippen LogP contribution in [0, 0.1) is 0 Å². The van der Waals surface area contributed by atoms with E-state index in [0.29, 0.717) is 6.42 Å². The Bertz CT molecular complexity index is 282. The van der Waals surface area contributed by atoms with Crippen LogP contribution in [0.2, 0.25) is 0 Å². The van der Waals surface area contributed by atoms with Gasteiger partial charge >= 0.3 is 12.0 Å². The summed E-state index contributed by atoms with van der Waals surface area (Å²) in [4.78, 5) is 24.7. The summed E-state index contributed by atoms with van der Waals surface area (Å²) >= 11 is 0. The molecule has 0 radical (unpaired) electrons. The molecule has 0 aromatic rings. The Morgan fingerprint density at radius 2 is 1.84 bits per heavy atom. The number of rotatable bonds is 9. The quantitative estimate of drug-likeness (QED) is 0.591. The van der Waals surface area contributed by atoms with Crippen molar-refractivity contribution in [2.24, 2.45) is 0 Å². The Morgan fingerprint density at radius 1 is 1.21 bits per heavy atom. The summed E-state index contributed by atoms with van der Waals surface area (Å²) in [6, 6.07) is -1.20. The number of urea groups is 1. The lowest BCUT2D eigenvalue weighted by Crippen LogP contribution is -2.48. The van der Waals surface area contributed by atoms with Crippen molar-refractivity contribution >= 4 is 12.0 Å². The number of carbonyl (C=O) groups is 2. The van der Waals surface area contributed by atoms with Crippen LogP contribution in [-0.4, -0.2) is 54.7 Å². The van der Waals surface area contributed by atoms with Crippen LogP contribution >= 0.6 is 0 Å². The number of hydrogen-bond acceptors (Lipinski definition) is 3. The van der Waals surface area contributed by atoms with Gasteiger partial charge in [0.15, 0.2) is 0 Å². The fraction of sp³-hybridized carbons (Fsp3) is 0.846. The number of carbonyl (C=O) groups excluding carboxylic acids is 1. The van der Waals surface area contributed by atoms with E-state index in [0.717, 1.165) is 25.8 Å². The fourth-order valence-electron chi connectivity index (χ4n) is 1.61. The Balaban J connectivity index is 4.07. The molecule has 0 aliphatic heterocycles. The molecule has 0 spiro atoms. The first-order valence-electron chi connectivity index (χ1n) is 6.81. The Kier molecular flexibility index (Phi) is 8.95. The van der Waals surface area contributed by atoms with E-state index >= 15 is 0 Å². The van der Waals surface area contributed by atoms with E-state index in [2.05, 4.69) is 10.6 Å². The standard InChI is InChI=1S/C13H27N3O3/c1-5-6-7-11(12(17)18)15-13(19)14-10(2)8-9-16(3)4/h10-11H,5-9H2,1-4H3,(H,17,18)(H2,14,15,19). The lowest BCUT2D eigenvalue weighted by molar-refractivity contribution is -0.139. The Morgan fingerprint density at radius 3 is 2.32 bits per heavy atom. The molecule has 2 unspecified atom stereocenters. The number of unbranched alkanes of at least 4 members (excludes halogenated alkanes) is 1. The second-order valence-electron chi connectivity index (χ2n) is 5.14. The molecule has 0 heterocycles. The molecule has 112 valence electrons. The summed E-state index contributed by atoms with van der Waals surface area (Å²) in [6.07, 6.45) is 2.98. The molecule has 0 bridgehead atoms. The zero-order valence-electron chi connectivity index (χ0n) is 12.4. The number of nitrogens with zero attached hydrogens (tertiary/aromatic N) is 1. The number of hydrogen-bond donors (Lipinski definition) is 3. The van der Waals surface area contributed by atoms with Crippen LogP contribution in [0.3, 0.4) is 0 Å².